The number of nitrogens with zero attached hydrogens (tertiary/aromatic N) is 2. The summed E-state index contributed by atoms with van der Waals surface area (Å²) >= 11 is 4.68. The maximum atomic E-state index is 13.9. The number of halogens is 2. The number of anilines is 1. The monoisotopic (exact) mass is 443 g/mol. The van der Waals surface area contributed by atoms with Gasteiger partial charge in [0.2, 0.25) is 5.91 Å². The first-order chi connectivity index (χ1) is 13.0. The van der Waals surface area contributed by atoms with Crippen molar-refractivity contribution in [2.24, 2.45) is 0 Å². The predicted octanol–water partition coefficient (Wildman–Crippen LogP) is 5.45. The summed E-state index contributed by atoms with van der Waals surface area (Å²) in [4.78, 5) is 17.8. The lowest BCUT2D eigenvalue weighted by molar-refractivity contribution is -0.115. The Labute approximate surface area is 167 Å². The van der Waals surface area contributed by atoms with Crippen LogP contribution in [0.15, 0.2) is 58.5 Å². The van der Waals surface area contributed by atoms with Gasteiger partial charge >= 0.3 is 0 Å². The largest absolute Gasteiger partial charge is 0.323 e. The van der Waals surface area contributed by atoms with Crippen LogP contribution >= 0.6 is 27.3 Å². The third-order valence-corrected chi connectivity index (χ3v) is 5.56. The molecule has 4 nitrogen and oxygen atoms in total. The number of benzene rings is 2. The number of carbonyl (C=O) groups excluding carboxylic acids is 1. The fraction of sp³-hybridized carbons (Fsp3) is 0.100. The minimum atomic E-state index is -0.475. The van der Waals surface area contributed by atoms with Gasteiger partial charge in [0, 0.05) is 27.3 Å². The minimum Gasteiger partial charge on any atom is -0.323 e. The minimum absolute atomic E-state index is 0.138. The van der Waals surface area contributed by atoms with Gasteiger partial charge in [-0.15, -0.1) is 11.3 Å². The van der Waals surface area contributed by atoms with Crippen molar-refractivity contribution in [3.8, 4) is 11.3 Å². The summed E-state index contributed by atoms with van der Waals surface area (Å²) in [6.07, 6.45) is 2.07. The summed E-state index contributed by atoms with van der Waals surface area (Å²) in [6.45, 7) is 2.04. The zero-order chi connectivity index (χ0) is 19.0. The molecule has 0 unspecified atom stereocenters. The molecule has 4 rings (SSSR count). The number of hydrogen-bond acceptors (Lipinski definition) is 3. The number of hydrogen-bond donors (Lipinski definition) is 1. The van der Waals surface area contributed by atoms with Gasteiger partial charge in [0.05, 0.1) is 17.8 Å². The van der Waals surface area contributed by atoms with Gasteiger partial charge in [-0.25, -0.2) is 9.37 Å². The lowest BCUT2D eigenvalue weighted by Crippen LogP contribution is -2.16. The molecule has 0 aliphatic carbocycles. The molecule has 2 aromatic heterocycles. The van der Waals surface area contributed by atoms with Crippen LogP contribution < -0.4 is 5.32 Å². The lowest BCUT2D eigenvalue weighted by atomic mass is 10.1. The standard InChI is InChI=1S/C20H15BrFN3OS/c1-12-2-4-13(5-3-12)18-10-25-15(11-27-20(25)24-18)9-19(26)23-17-7-6-14(21)8-16(17)22/h2-8,10-11H,9H2,1H3,(H,23,26). The highest BCUT2D eigenvalue weighted by Crippen LogP contribution is 2.25. The van der Waals surface area contributed by atoms with Crippen LogP contribution in [0.4, 0.5) is 10.1 Å². The number of thiazole rings is 1. The van der Waals surface area contributed by atoms with Crippen molar-refractivity contribution in [3.63, 3.8) is 0 Å². The van der Waals surface area contributed by atoms with Gasteiger partial charge < -0.3 is 5.32 Å². The fourth-order valence-corrected chi connectivity index (χ4v) is 3.98. The molecule has 0 radical (unpaired) electrons. The van der Waals surface area contributed by atoms with Gasteiger partial charge in [-0.2, -0.15) is 0 Å². The van der Waals surface area contributed by atoms with Crippen LogP contribution in [0.3, 0.4) is 0 Å². The summed E-state index contributed by atoms with van der Waals surface area (Å²) in [6, 6.07) is 12.7. The van der Waals surface area contributed by atoms with E-state index in [0.29, 0.717) is 4.47 Å². The van der Waals surface area contributed by atoms with Gasteiger partial charge in [-0.05, 0) is 25.1 Å². The van der Waals surface area contributed by atoms with Gasteiger partial charge in [-0.1, -0.05) is 45.8 Å². The van der Waals surface area contributed by atoms with Gasteiger partial charge in [0.1, 0.15) is 5.82 Å². The molecule has 0 aliphatic rings. The predicted molar refractivity (Wildman–Crippen MR) is 110 cm³/mol. The SMILES string of the molecule is Cc1ccc(-c2cn3c(CC(=O)Nc4ccc(Br)cc4F)csc3n2)cc1. The molecule has 1 N–H and O–H groups in total. The number of imidazole rings is 1. The van der Waals surface area contributed by atoms with E-state index in [2.05, 4.69) is 26.2 Å². The van der Waals surface area contributed by atoms with Crippen molar-refractivity contribution in [1.29, 1.82) is 0 Å². The molecule has 0 atom stereocenters. The van der Waals surface area contributed by atoms with E-state index in [1.54, 1.807) is 6.07 Å². The van der Waals surface area contributed by atoms with E-state index in [-0.39, 0.29) is 18.0 Å². The topological polar surface area (TPSA) is 46.4 Å². The molecule has 27 heavy (non-hydrogen) atoms. The van der Waals surface area contributed by atoms with Crippen molar-refractivity contribution in [1.82, 2.24) is 9.38 Å². The van der Waals surface area contributed by atoms with Crippen LogP contribution in [-0.4, -0.2) is 15.3 Å². The number of aromatic nitrogens is 2. The molecular formula is C20H15BrFN3OS. The summed E-state index contributed by atoms with van der Waals surface area (Å²) < 4.78 is 16.4. The normalized spacial score (nSPS) is 11.1. The average molecular weight is 444 g/mol. The highest BCUT2D eigenvalue weighted by molar-refractivity contribution is 9.10. The van der Waals surface area contributed by atoms with Crippen LogP contribution in [-0.2, 0) is 11.2 Å². The van der Waals surface area contributed by atoms with E-state index in [9.17, 15) is 9.18 Å². The van der Waals surface area contributed by atoms with Crippen LogP contribution in [0.2, 0.25) is 0 Å². The number of carbonyl (C=O) groups is 1. The van der Waals surface area contributed by atoms with E-state index in [0.717, 1.165) is 21.9 Å². The highest BCUT2D eigenvalue weighted by Gasteiger charge is 2.14. The van der Waals surface area contributed by atoms with Crippen molar-refractivity contribution < 1.29 is 9.18 Å². The molecule has 7 heteroatoms. The molecule has 136 valence electrons. The first kappa shape index (κ1) is 17.9. The molecule has 2 heterocycles. The fourth-order valence-electron chi connectivity index (χ4n) is 2.77. The van der Waals surface area contributed by atoms with Crippen molar-refractivity contribution in [3.05, 3.63) is 75.6 Å². The molecule has 0 bridgehead atoms. The van der Waals surface area contributed by atoms with Crippen LogP contribution in [0.5, 0.6) is 0 Å². The summed E-state index contributed by atoms with van der Waals surface area (Å²) in [5.74, 6) is -0.751. The molecule has 0 spiro atoms. The maximum Gasteiger partial charge on any atom is 0.230 e. The Morgan fingerprint density at radius 2 is 2.04 bits per heavy atom. The van der Waals surface area contributed by atoms with E-state index in [1.165, 1.54) is 29.0 Å². The Morgan fingerprint density at radius 3 is 2.78 bits per heavy atom. The summed E-state index contributed by atoms with van der Waals surface area (Å²) in [5.41, 5.74) is 4.07. The molecule has 0 saturated carbocycles. The molecule has 0 aliphatic heterocycles. The number of amides is 1. The Bertz CT molecular complexity index is 1130. The second kappa shape index (κ2) is 7.25. The molecule has 2 aromatic carbocycles. The summed E-state index contributed by atoms with van der Waals surface area (Å²) in [5, 5.41) is 4.52. The maximum absolute atomic E-state index is 13.9. The van der Waals surface area contributed by atoms with E-state index >= 15 is 0 Å². The zero-order valence-corrected chi connectivity index (χ0v) is 16.8. The van der Waals surface area contributed by atoms with Gasteiger partial charge in [0.15, 0.2) is 4.96 Å². The third kappa shape index (κ3) is 3.79. The first-order valence-electron chi connectivity index (χ1n) is 8.27. The lowest BCUT2D eigenvalue weighted by Gasteiger charge is -2.06. The third-order valence-electron chi connectivity index (χ3n) is 4.18. The van der Waals surface area contributed by atoms with E-state index in [1.807, 2.05) is 47.2 Å². The van der Waals surface area contributed by atoms with Crippen LogP contribution in [0.1, 0.15) is 11.3 Å². The first-order valence-corrected chi connectivity index (χ1v) is 9.94. The molecule has 0 saturated heterocycles. The molecule has 4 aromatic rings. The van der Waals surface area contributed by atoms with Crippen LogP contribution in [0.25, 0.3) is 16.2 Å². The van der Waals surface area contributed by atoms with Crippen molar-refractivity contribution >= 4 is 43.8 Å². The smallest absolute Gasteiger partial charge is 0.230 e. The Balaban J connectivity index is 1.55. The van der Waals surface area contributed by atoms with Crippen LogP contribution in [0, 0.1) is 12.7 Å². The quantitative estimate of drug-likeness (QED) is 0.455. The van der Waals surface area contributed by atoms with E-state index in [4.69, 9.17) is 0 Å². The van der Waals surface area contributed by atoms with Gasteiger partial charge in [0.25, 0.3) is 0 Å². The average Bonchev–Trinajstić information content (AvgIpc) is 3.20. The zero-order valence-electron chi connectivity index (χ0n) is 14.4. The Hall–Kier alpha value is -2.51. The number of rotatable bonds is 4. The Kier molecular flexibility index (Phi) is 4.80. The van der Waals surface area contributed by atoms with Crippen molar-refractivity contribution in [2.45, 2.75) is 13.3 Å². The number of aryl methyl sites for hydroxylation is 1. The van der Waals surface area contributed by atoms with Gasteiger partial charge in [-0.3, -0.25) is 9.20 Å². The van der Waals surface area contributed by atoms with E-state index < -0.39 is 5.82 Å². The second-order valence-electron chi connectivity index (χ2n) is 6.22. The molecule has 1 amide bonds. The number of nitrogens with one attached hydrogen (secondary N) is 1. The molecule has 0 fully saturated rings. The Morgan fingerprint density at radius 1 is 1.26 bits per heavy atom. The highest BCUT2D eigenvalue weighted by atomic mass is 79.9. The van der Waals surface area contributed by atoms with Crippen molar-refractivity contribution in [2.75, 3.05) is 5.32 Å². The molecular weight excluding hydrogens is 429 g/mol. The summed E-state index contributed by atoms with van der Waals surface area (Å²) in [7, 11) is 0. The number of fused-ring (bicyclic) bond motifs is 1. The second-order valence-corrected chi connectivity index (χ2v) is 7.97.